The number of Topliss-reactive ketones (excluding diaryl/α,β-unsaturated/α-hetero) is 1. The van der Waals surface area contributed by atoms with Gasteiger partial charge in [0.1, 0.15) is 11.6 Å². The predicted octanol–water partition coefficient (Wildman–Crippen LogP) is 1.83. The third-order valence-electron chi connectivity index (χ3n) is 2.66. The van der Waals surface area contributed by atoms with Crippen LogP contribution in [0.5, 0.6) is 0 Å². The van der Waals surface area contributed by atoms with Gasteiger partial charge in [-0.3, -0.25) is 9.59 Å². The molecule has 1 aliphatic heterocycles. The number of anilines is 1. The molecular formula is C12H12FNO2. The van der Waals surface area contributed by atoms with Gasteiger partial charge in [-0.1, -0.05) is 6.07 Å². The van der Waals surface area contributed by atoms with Crippen LogP contribution < -0.4 is 4.90 Å². The molecule has 3 nitrogen and oxygen atoms in total. The van der Waals surface area contributed by atoms with Crippen molar-refractivity contribution in [1.82, 2.24) is 0 Å². The van der Waals surface area contributed by atoms with E-state index in [1.54, 1.807) is 19.1 Å². The van der Waals surface area contributed by atoms with E-state index >= 15 is 0 Å². The minimum atomic E-state index is -0.414. The average Bonchev–Trinajstić information content (AvgIpc) is 2.19. The molecule has 0 unspecified atom stereocenters. The summed E-state index contributed by atoms with van der Waals surface area (Å²) in [7, 11) is 0. The molecule has 1 aromatic rings. The molecule has 1 aliphatic rings. The first-order valence-electron chi connectivity index (χ1n) is 5.16. The molecule has 2 rings (SSSR count). The number of carbonyl (C=O) groups excluding carboxylic acids is 2. The van der Waals surface area contributed by atoms with Crippen molar-refractivity contribution in [3.05, 3.63) is 29.6 Å². The first-order chi connectivity index (χ1) is 7.58. The molecule has 1 fully saturated rings. The number of benzene rings is 1. The van der Waals surface area contributed by atoms with E-state index in [9.17, 15) is 14.0 Å². The fourth-order valence-corrected chi connectivity index (χ4v) is 1.80. The quantitative estimate of drug-likeness (QED) is 0.678. The Hall–Kier alpha value is -1.71. The lowest BCUT2D eigenvalue weighted by Gasteiger charge is -2.26. The Morgan fingerprint density at radius 1 is 1.31 bits per heavy atom. The van der Waals surface area contributed by atoms with Crippen LogP contribution >= 0.6 is 0 Å². The van der Waals surface area contributed by atoms with Crippen LogP contribution in [0.3, 0.4) is 0 Å². The summed E-state index contributed by atoms with van der Waals surface area (Å²) in [6.07, 6.45) is 0.187. The number of ketones is 1. The van der Waals surface area contributed by atoms with Gasteiger partial charge in [0.25, 0.3) is 0 Å². The van der Waals surface area contributed by atoms with Crippen LogP contribution in [0.4, 0.5) is 10.1 Å². The second kappa shape index (κ2) is 4.04. The molecule has 1 amide bonds. The normalized spacial score (nSPS) is 16.8. The largest absolute Gasteiger partial charge is 0.309 e. The molecule has 0 bridgehead atoms. The monoisotopic (exact) mass is 221 g/mol. The lowest BCUT2D eigenvalue weighted by atomic mass is 10.1. The van der Waals surface area contributed by atoms with Gasteiger partial charge in [0.05, 0.1) is 12.1 Å². The Morgan fingerprint density at radius 3 is 2.69 bits per heavy atom. The maximum absolute atomic E-state index is 13.6. The number of piperidine rings is 1. The number of hydrogen-bond acceptors (Lipinski definition) is 2. The van der Waals surface area contributed by atoms with Gasteiger partial charge in [0.2, 0.25) is 5.91 Å². The molecule has 0 aromatic heterocycles. The van der Waals surface area contributed by atoms with Crippen LogP contribution in [0, 0.1) is 12.7 Å². The maximum Gasteiger partial charge on any atom is 0.234 e. The van der Waals surface area contributed by atoms with Crippen molar-refractivity contribution in [2.45, 2.75) is 19.8 Å². The molecular weight excluding hydrogens is 209 g/mol. The minimum Gasteiger partial charge on any atom is -0.309 e. The molecule has 0 atom stereocenters. The van der Waals surface area contributed by atoms with Crippen molar-refractivity contribution in [3.63, 3.8) is 0 Å². The van der Waals surface area contributed by atoms with Crippen molar-refractivity contribution in [1.29, 1.82) is 0 Å². The zero-order valence-electron chi connectivity index (χ0n) is 9.00. The Morgan fingerprint density at radius 2 is 2.06 bits per heavy atom. The van der Waals surface area contributed by atoms with Crippen molar-refractivity contribution >= 4 is 17.4 Å². The molecule has 16 heavy (non-hydrogen) atoms. The third-order valence-corrected chi connectivity index (χ3v) is 2.66. The zero-order valence-corrected chi connectivity index (χ0v) is 9.00. The second-order valence-electron chi connectivity index (χ2n) is 3.97. The second-order valence-corrected chi connectivity index (χ2v) is 3.97. The molecule has 0 spiro atoms. The summed E-state index contributed by atoms with van der Waals surface area (Å²) in [5.74, 6) is -0.810. The van der Waals surface area contributed by atoms with Crippen molar-refractivity contribution in [3.8, 4) is 0 Å². The van der Waals surface area contributed by atoms with Crippen LogP contribution in [0.25, 0.3) is 0 Å². The van der Waals surface area contributed by atoms with E-state index < -0.39 is 5.82 Å². The van der Waals surface area contributed by atoms with Gasteiger partial charge >= 0.3 is 0 Å². The summed E-state index contributed by atoms with van der Waals surface area (Å²) in [6, 6.07) is 4.72. The minimum absolute atomic E-state index is 0.0752. The summed E-state index contributed by atoms with van der Waals surface area (Å²) in [5.41, 5.74) is 1.07. The summed E-state index contributed by atoms with van der Waals surface area (Å²) >= 11 is 0. The highest BCUT2D eigenvalue weighted by Gasteiger charge is 2.26. The van der Waals surface area contributed by atoms with E-state index in [-0.39, 0.29) is 30.3 Å². The molecule has 0 saturated carbocycles. The Balaban J connectivity index is 2.30. The number of hydrogen-bond donors (Lipinski definition) is 0. The van der Waals surface area contributed by atoms with Crippen LogP contribution in [-0.2, 0) is 9.59 Å². The van der Waals surface area contributed by atoms with E-state index in [0.717, 1.165) is 5.56 Å². The highest BCUT2D eigenvalue weighted by atomic mass is 19.1. The van der Waals surface area contributed by atoms with Crippen molar-refractivity contribution in [2.24, 2.45) is 0 Å². The topological polar surface area (TPSA) is 37.4 Å². The van der Waals surface area contributed by atoms with Gasteiger partial charge in [-0.2, -0.15) is 0 Å². The first kappa shape index (κ1) is 10.8. The SMILES string of the molecule is Cc1ccc(N2CCC(=O)CC2=O)c(F)c1. The predicted molar refractivity (Wildman–Crippen MR) is 57.7 cm³/mol. The van der Waals surface area contributed by atoms with Gasteiger partial charge in [-0.15, -0.1) is 0 Å². The third kappa shape index (κ3) is 1.96. The summed E-state index contributed by atoms with van der Waals surface area (Å²) in [5, 5.41) is 0. The Labute approximate surface area is 92.9 Å². The first-order valence-corrected chi connectivity index (χ1v) is 5.16. The molecule has 0 aliphatic carbocycles. The van der Waals surface area contributed by atoms with Gasteiger partial charge < -0.3 is 4.90 Å². The van der Waals surface area contributed by atoms with Gasteiger partial charge in [0.15, 0.2) is 0 Å². The number of amides is 1. The van der Waals surface area contributed by atoms with Crippen molar-refractivity contribution in [2.75, 3.05) is 11.4 Å². The Kier molecular flexibility index (Phi) is 2.73. The summed E-state index contributed by atoms with van der Waals surface area (Å²) < 4.78 is 13.6. The molecule has 84 valence electrons. The van der Waals surface area contributed by atoms with E-state index in [2.05, 4.69) is 0 Å². The van der Waals surface area contributed by atoms with Gasteiger partial charge in [0, 0.05) is 13.0 Å². The lowest BCUT2D eigenvalue weighted by Crippen LogP contribution is -2.39. The van der Waals surface area contributed by atoms with Crippen LogP contribution in [-0.4, -0.2) is 18.2 Å². The van der Waals surface area contributed by atoms with Crippen LogP contribution in [0.2, 0.25) is 0 Å². The zero-order chi connectivity index (χ0) is 11.7. The smallest absolute Gasteiger partial charge is 0.234 e. The van der Waals surface area contributed by atoms with Crippen LogP contribution in [0.15, 0.2) is 18.2 Å². The summed E-state index contributed by atoms with van der Waals surface area (Å²) in [6.45, 7) is 2.06. The maximum atomic E-state index is 13.6. The number of aryl methyl sites for hydroxylation is 1. The fourth-order valence-electron chi connectivity index (χ4n) is 1.80. The molecule has 1 saturated heterocycles. The number of nitrogens with zero attached hydrogens (tertiary/aromatic N) is 1. The highest BCUT2D eigenvalue weighted by Crippen LogP contribution is 2.23. The molecule has 4 heteroatoms. The van der Waals surface area contributed by atoms with Gasteiger partial charge in [-0.05, 0) is 24.6 Å². The number of carbonyl (C=O) groups is 2. The molecule has 1 heterocycles. The van der Waals surface area contributed by atoms with E-state index in [4.69, 9.17) is 0 Å². The van der Waals surface area contributed by atoms with E-state index in [1.165, 1.54) is 11.0 Å². The van der Waals surface area contributed by atoms with Crippen LogP contribution in [0.1, 0.15) is 18.4 Å². The molecule has 0 radical (unpaired) electrons. The molecule has 0 N–H and O–H groups in total. The highest BCUT2D eigenvalue weighted by molar-refractivity contribution is 6.08. The Bertz CT molecular complexity index is 456. The lowest BCUT2D eigenvalue weighted by molar-refractivity contribution is -0.128. The van der Waals surface area contributed by atoms with Crippen molar-refractivity contribution < 1.29 is 14.0 Å². The standard InChI is InChI=1S/C12H12FNO2/c1-8-2-3-11(10(13)6-8)14-5-4-9(15)7-12(14)16/h2-3,6H,4-5,7H2,1H3. The summed E-state index contributed by atoms with van der Waals surface area (Å²) in [4.78, 5) is 24.0. The van der Waals surface area contributed by atoms with Gasteiger partial charge in [-0.25, -0.2) is 4.39 Å². The number of halogens is 1. The molecule has 1 aromatic carbocycles. The van der Waals surface area contributed by atoms with E-state index in [1.807, 2.05) is 0 Å². The fraction of sp³-hybridized carbons (Fsp3) is 0.333. The van der Waals surface area contributed by atoms with E-state index in [0.29, 0.717) is 6.42 Å². The number of rotatable bonds is 1. The average molecular weight is 221 g/mol.